The molecule has 0 radical (unpaired) electrons. The van der Waals surface area contributed by atoms with Crippen molar-refractivity contribution in [1.29, 1.82) is 0 Å². The second kappa shape index (κ2) is 5.99. The number of aromatic amines is 1. The predicted molar refractivity (Wildman–Crippen MR) is 84.1 cm³/mol. The molecule has 2 heterocycles. The van der Waals surface area contributed by atoms with Crippen LogP contribution >= 0.6 is 0 Å². The number of alkyl halides is 3. The normalized spacial score (nSPS) is 13.6. The number of benzene rings is 1. The van der Waals surface area contributed by atoms with Crippen LogP contribution in [0.5, 0.6) is 0 Å². The van der Waals surface area contributed by atoms with E-state index in [0.717, 1.165) is 4.52 Å². The van der Waals surface area contributed by atoms with Crippen molar-refractivity contribution in [2.45, 2.75) is 32.0 Å². The van der Waals surface area contributed by atoms with Crippen LogP contribution < -0.4 is 5.56 Å². The molecule has 0 amide bonds. The summed E-state index contributed by atoms with van der Waals surface area (Å²) in [7, 11) is 0. The first-order chi connectivity index (χ1) is 11.7. The van der Waals surface area contributed by atoms with Gasteiger partial charge in [-0.1, -0.05) is 38.1 Å². The van der Waals surface area contributed by atoms with E-state index in [1.165, 1.54) is 30.6 Å². The van der Waals surface area contributed by atoms with E-state index in [-0.39, 0.29) is 22.8 Å². The fourth-order valence-electron chi connectivity index (χ4n) is 2.66. The molecule has 0 aliphatic carbocycles. The van der Waals surface area contributed by atoms with Gasteiger partial charge < -0.3 is 10.1 Å². The van der Waals surface area contributed by atoms with Crippen molar-refractivity contribution in [3.8, 4) is 11.3 Å². The van der Waals surface area contributed by atoms with E-state index >= 15 is 0 Å². The Morgan fingerprint density at radius 1 is 1.20 bits per heavy atom. The minimum atomic E-state index is -4.74. The van der Waals surface area contributed by atoms with E-state index in [1.54, 1.807) is 0 Å². The lowest BCUT2D eigenvalue weighted by Gasteiger charge is -2.16. The van der Waals surface area contributed by atoms with Crippen LogP contribution in [0.2, 0.25) is 0 Å². The van der Waals surface area contributed by atoms with Crippen LogP contribution in [-0.2, 0) is 0 Å². The molecule has 1 unspecified atom stereocenters. The molecule has 25 heavy (non-hydrogen) atoms. The number of nitrogens with one attached hydrogen (secondary N) is 1. The van der Waals surface area contributed by atoms with Crippen molar-refractivity contribution < 1.29 is 18.3 Å². The molecule has 132 valence electrons. The lowest BCUT2D eigenvalue weighted by atomic mass is 9.97. The standard InChI is InChI=1S/C16H15F3N4O2/c1-8(2)11-12(22-15-20-7-21-23(15)14(11)25)9-3-5-10(6-4-9)13(24)16(17,18)19/h3-8,13,24H,1-2H3,(H,20,21,22). The second-order valence-electron chi connectivity index (χ2n) is 5.94. The highest BCUT2D eigenvalue weighted by atomic mass is 19.4. The molecule has 0 bridgehead atoms. The molecular formula is C16H15F3N4O2. The molecule has 3 rings (SSSR count). The molecule has 3 aromatic rings. The van der Waals surface area contributed by atoms with Gasteiger partial charge in [0.15, 0.2) is 6.10 Å². The Morgan fingerprint density at radius 2 is 1.84 bits per heavy atom. The van der Waals surface area contributed by atoms with Gasteiger partial charge in [0.25, 0.3) is 5.56 Å². The van der Waals surface area contributed by atoms with Crippen LogP contribution in [0.3, 0.4) is 0 Å². The summed E-state index contributed by atoms with van der Waals surface area (Å²) in [5.41, 5.74) is 0.823. The number of rotatable bonds is 3. The maximum atomic E-state index is 12.6. The van der Waals surface area contributed by atoms with Gasteiger partial charge >= 0.3 is 6.18 Å². The lowest BCUT2D eigenvalue weighted by Crippen LogP contribution is -2.22. The number of hydrogen-bond acceptors (Lipinski definition) is 4. The van der Waals surface area contributed by atoms with E-state index < -0.39 is 12.3 Å². The topological polar surface area (TPSA) is 83.3 Å². The molecule has 0 spiro atoms. The molecule has 0 saturated carbocycles. The zero-order chi connectivity index (χ0) is 18.4. The van der Waals surface area contributed by atoms with Gasteiger partial charge in [0, 0.05) is 5.56 Å². The number of aliphatic hydroxyl groups is 1. The molecule has 1 atom stereocenters. The van der Waals surface area contributed by atoms with Crippen LogP contribution in [0.15, 0.2) is 35.4 Å². The highest BCUT2D eigenvalue weighted by molar-refractivity contribution is 5.65. The molecule has 0 fully saturated rings. The zero-order valence-corrected chi connectivity index (χ0v) is 13.4. The average Bonchev–Trinajstić information content (AvgIpc) is 3.02. The molecule has 0 aliphatic rings. The molecule has 0 aliphatic heterocycles. The minimum absolute atomic E-state index is 0.146. The van der Waals surface area contributed by atoms with Gasteiger partial charge in [0.05, 0.1) is 5.69 Å². The van der Waals surface area contributed by atoms with Gasteiger partial charge in [-0.15, -0.1) is 0 Å². The van der Waals surface area contributed by atoms with Crippen molar-refractivity contribution in [1.82, 2.24) is 19.6 Å². The molecule has 1 aromatic carbocycles. The van der Waals surface area contributed by atoms with Crippen molar-refractivity contribution in [3.63, 3.8) is 0 Å². The maximum Gasteiger partial charge on any atom is 0.418 e. The molecule has 2 N–H and O–H groups in total. The van der Waals surface area contributed by atoms with E-state index in [0.29, 0.717) is 16.8 Å². The zero-order valence-electron chi connectivity index (χ0n) is 13.4. The van der Waals surface area contributed by atoms with Crippen LogP contribution in [0.1, 0.15) is 37.0 Å². The third-order valence-electron chi connectivity index (χ3n) is 3.88. The Morgan fingerprint density at radius 3 is 2.40 bits per heavy atom. The molecule has 9 heteroatoms. The van der Waals surface area contributed by atoms with Gasteiger partial charge in [-0.25, -0.2) is 0 Å². The number of nitrogens with zero attached hydrogens (tertiary/aromatic N) is 3. The molecular weight excluding hydrogens is 337 g/mol. The quantitative estimate of drug-likeness (QED) is 0.759. The average molecular weight is 352 g/mol. The third-order valence-corrected chi connectivity index (χ3v) is 3.88. The molecule has 2 aromatic heterocycles. The smallest absolute Gasteiger partial charge is 0.379 e. The molecule has 0 saturated heterocycles. The number of aliphatic hydroxyl groups excluding tert-OH is 1. The number of aromatic nitrogens is 4. The van der Waals surface area contributed by atoms with Crippen molar-refractivity contribution in [3.05, 3.63) is 52.1 Å². The Kier molecular flexibility index (Phi) is 4.11. The Labute approximate surface area is 140 Å². The third kappa shape index (κ3) is 3.02. The molecule has 6 nitrogen and oxygen atoms in total. The monoisotopic (exact) mass is 352 g/mol. The number of halogens is 3. The van der Waals surface area contributed by atoms with Gasteiger partial charge in [-0.3, -0.25) is 4.79 Å². The van der Waals surface area contributed by atoms with E-state index in [9.17, 15) is 23.1 Å². The first-order valence-corrected chi connectivity index (χ1v) is 7.51. The van der Waals surface area contributed by atoms with Gasteiger partial charge in [0.1, 0.15) is 6.33 Å². The van der Waals surface area contributed by atoms with Crippen molar-refractivity contribution in [2.75, 3.05) is 0 Å². The predicted octanol–water partition coefficient (Wildman–Crippen LogP) is 2.80. The minimum Gasteiger partial charge on any atom is -0.379 e. The van der Waals surface area contributed by atoms with Gasteiger partial charge in [0.2, 0.25) is 5.78 Å². The fraction of sp³-hybridized carbons (Fsp3) is 0.312. The summed E-state index contributed by atoms with van der Waals surface area (Å²) in [6, 6.07) is 5.22. The van der Waals surface area contributed by atoms with Crippen LogP contribution in [0.25, 0.3) is 17.0 Å². The van der Waals surface area contributed by atoms with E-state index in [4.69, 9.17) is 0 Å². The van der Waals surface area contributed by atoms with Crippen molar-refractivity contribution >= 4 is 5.78 Å². The summed E-state index contributed by atoms with van der Waals surface area (Å²) in [5.74, 6) is 0.0941. The van der Waals surface area contributed by atoms with Crippen molar-refractivity contribution in [2.24, 2.45) is 0 Å². The number of fused-ring (bicyclic) bond motifs is 1. The second-order valence-corrected chi connectivity index (χ2v) is 5.94. The summed E-state index contributed by atoms with van der Waals surface area (Å²) < 4.78 is 39.0. The summed E-state index contributed by atoms with van der Waals surface area (Å²) in [6.07, 6.45) is -6.05. The summed E-state index contributed by atoms with van der Waals surface area (Å²) in [4.78, 5) is 19.5. The Balaban J connectivity index is 2.13. The van der Waals surface area contributed by atoms with Gasteiger partial charge in [-0.2, -0.15) is 27.8 Å². The first kappa shape index (κ1) is 17.2. The highest BCUT2D eigenvalue weighted by Gasteiger charge is 2.39. The first-order valence-electron chi connectivity index (χ1n) is 7.51. The van der Waals surface area contributed by atoms with E-state index in [2.05, 4.69) is 15.1 Å². The van der Waals surface area contributed by atoms with Crippen LogP contribution in [-0.4, -0.2) is 30.9 Å². The largest absolute Gasteiger partial charge is 0.418 e. The summed E-state index contributed by atoms with van der Waals surface area (Å²) in [6.45, 7) is 3.66. The SMILES string of the molecule is CC(C)c1c(-c2ccc(C(O)C(F)(F)F)cc2)[nH]c2ncnn2c1=O. The number of H-pyrrole nitrogens is 1. The lowest BCUT2D eigenvalue weighted by molar-refractivity contribution is -0.206. The Hall–Kier alpha value is -2.68. The summed E-state index contributed by atoms with van der Waals surface area (Å²) in [5, 5.41) is 13.2. The Bertz CT molecular complexity index is 958. The van der Waals surface area contributed by atoms with E-state index in [1.807, 2.05) is 13.8 Å². The highest BCUT2D eigenvalue weighted by Crippen LogP contribution is 2.33. The fourth-order valence-corrected chi connectivity index (χ4v) is 2.66. The van der Waals surface area contributed by atoms with Gasteiger partial charge in [-0.05, 0) is 17.0 Å². The maximum absolute atomic E-state index is 12.6. The van der Waals surface area contributed by atoms with Crippen LogP contribution in [0, 0.1) is 0 Å². The summed E-state index contributed by atoms with van der Waals surface area (Å²) >= 11 is 0. The number of hydrogen-bond donors (Lipinski definition) is 2. The van der Waals surface area contributed by atoms with Crippen LogP contribution in [0.4, 0.5) is 13.2 Å².